The fourth-order valence-electron chi connectivity index (χ4n) is 0.984. The molecule has 0 aliphatic rings. The molecule has 1 aromatic heterocycles. The molecule has 0 aliphatic heterocycles. The second-order valence-electron chi connectivity index (χ2n) is 3.09. The van der Waals surface area contributed by atoms with Crippen LogP contribution in [0.25, 0.3) is 0 Å². The normalized spacial score (nSPS) is 10.9. The van der Waals surface area contributed by atoms with Crippen LogP contribution in [-0.4, -0.2) is 4.98 Å². The van der Waals surface area contributed by atoms with Crippen LogP contribution in [0, 0.1) is 15.3 Å². The van der Waals surface area contributed by atoms with Gasteiger partial charge in [-0.05, 0) is 40.5 Å². The van der Waals surface area contributed by atoms with Gasteiger partial charge in [0, 0.05) is 6.20 Å². The van der Waals surface area contributed by atoms with Crippen LogP contribution in [0.2, 0.25) is 5.15 Å². The van der Waals surface area contributed by atoms with Crippen LogP contribution < -0.4 is 0 Å². The minimum atomic E-state index is -0.416. The van der Waals surface area contributed by atoms with E-state index < -0.39 is 5.82 Å². The molecule has 1 heterocycles. The van der Waals surface area contributed by atoms with E-state index in [0.717, 1.165) is 12.0 Å². The monoisotopic (exact) mass is 312 g/mol. The van der Waals surface area contributed by atoms with Crippen LogP contribution in [0.3, 0.4) is 0 Å². The summed E-state index contributed by atoms with van der Waals surface area (Å²) in [5.74, 6) is 0.808. The summed E-state index contributed by atoms with van der Waals surface area (Å²) < 4.78 is 13.8. The lowest BCUT2D eigenvalue weighted by molar-refractivity contribution is 0.610. The van der Waals surface area contributed by atoms with Gasteiger partial charge in [-0.15, -0.1) is 0 Å². The van der Waals surface area contributed by atoms with E-state index in [2.05, 4.69) is 4.98 Å². The van der Waals surface area contributed by atoms with Gasteiger partial charge in [0.25, 0.3) is 0 Å². The number of pyridine rings is 1. The van der Waals surface area contributed by atoms with E-state index in [9.17, 15) is 4.39 Å². The Morgan fingerprint density at radius 3 is 2.77 bits per heavy atom. The third-order valence-electron chi connectivity index (χ3n) is 1.53. The summed E-state index contributed by atoms with van der Waals surface area (Å²) in [6.07, 6.45) is 2.37. The smallest absolute Gasteiger partial charge is 0.174 e. The van der Waals surface area contributed by atoms with Crippen molar-refractivity contribution in [2.75, 3.05) is 0 Å². The predicted octanol–water partition coefficient (Wildman–Crippen LogP) is 3.64. The van der Waals surface area contributed by atoms with Gasteiger partial charge in [0.1, 0.15) is 0 Å². The molecule has 1 nitrogen and oxygen atoms in total. The van der Waals surface area contributed by atoms with Gasteiger partial charge in [-0.25, -0.2) is 9.37 Å². The van der Waals surface area contributed by atoms with Crippen LogP contribution in [0.1, 0.15) is 19.4 Å². The lowest BCUT2D eigenvalue weighted by atomic mass is 10.1. The van der Waals surface area contributed by atoms with Gasteiger partial charge in [-0.3, -0.25) is 0 Å². The SMILES string of the molecule is C[C](C)Cc1cnc(Cl)c(F)c1I. The summed E-state index contributed by atoms with van der Waals surface area (Å²) in [6.45, 7) is 4.01. The molecule has 0 aromatic carbocycles. The fraction of sp³-hybridized carbons (Fsp3) is 0.333. The highest BCUT2D eigenvalue weighted by atomic mass is 127. The van der Waals surface area contributed by atoms with Gasteiger partial charge in [0.2, 0.25) is 0 Å². The topological polar surface area (TPSA) is 12.9 Å². The Morgan fingerprint density at radius 2 is 2.23 bits per heavy atom. The first-order valence-electron chi connectivity index (χ1n) is 3.79. The molecule has 0 atom stereocenters. The number of aromatic nitrogens is 1. The van der Waals surface area contributed by atoms with E-state index in [0.29, 0.717) is 3.57 Å². The first-order valence-corrected chi connectivity index (χ1v) is 5.25. The average molecular weight is 313 g/mol. The van der Waals surface area contributed by atoms with Crippen molar-refractivity contribution in [3.05, 3.63) is 32.2 Å². The van der Waals surface area contributed by atoms with Gasteiger partial charge in [0.15, 0.2) is 11.0 Å². The quantitative estimate of drug-likeness (QED) is 0.600. The molecular formula is C9H9ClFIN. The van der Waals surface area contributed by atoms with Gasteiger partial charge >= 0.3 is 0 Å². The van der Waals surface area contributed by atoms with E-state index >= 15 is 0 Å². The zero-order valence-corrected chi connectivity index (χ0v) is 10.3. The highest BCUT2D eigenvalue weighted by Crippen LogP contribution is 2.23. The van der Waals surface area contributed by atoms with E-state index in [1.807, 2.05) is 36.4 Å². The van der Waals surface area contributed by atoms with Crippen molar-refractivity contribution in [2.45, 2.75) is 20.3 Å². The van der Waals surface area contributed by atoms with Crippen molar-refractivity contribution in [1.82, 2.24) is 4.98 Å². The van der Waals surface area contributed by atoms with Crippen LogP contribution >= 0.6 is 34.2 Å². The number of hydrogen-bond donors (Lipinski definition) is 0. The summed E-state index contributed by atoms with van der Waals surface area (Å²) in [5.41, 5.74) is 0.891. The summed E-state index contributed by atoms with van der Waals surface area (Å²) in [5, 5.41) is -0.0538. The zero-order valence-electron chi connectivity index (χ0n) is 7.37. The Labute approximate surface area is 95.8 Å². The molecule has 1 aromatic rings. The van der Waals surface area contributed by atoms with Crippen molar-refractivity contribution in [2.24, 2.45) is 0 Å². The minimum Gasteiger partial charge on any atom is -0.241 e. The van der Waals surface area contributed by atoms with E-state index in [4.69, 9.17) is 11.6 Å². The molecule has 13 heavy (non-hydrogen) atoms. The average Bonchev–Trinajstić information content (AvgIpc) is 2.06. The van der Waals surface area contributed by atoms with Crippen molar-refractivity contribution >= 4 is 34.2 Å². The van der Waals surface area contributed by atoms with E-state index in [-0.39, 0.29) is 5.15 Å². The number of rotatable bonds is 2. The maximum atomic E-state index is 13.2. The third kappa shape index (κ3) is 2.77. The standard InChI is InChI=1S/C9H9ClFIN/c1-5(2)3-6-4-13-9(10)7(11)8(6)12/h4H,3H2,1-2H3. The van der Waals surface area contributed by atoms with Gasteiger partial charge in [-0.1, -0.05) is 25.4 Å². The first-order chi connectivity index (χ1) is 6.02. The lowest BCUT2D eigenvalue weighted by Gasteiger charge is -2.07. The molecule has 0 amide bonds. The summed E-state index contributed by atoms with van der Waals surface area (Å²) in [4.78, 5) is 3.76. The second kappa shape index (κ2) is 4.55. The fourth-order valence-corrected chi connectivity index (χ4v) is 1.87. The van der Waals surface area contributed by atoms with E-state index in [1.165, 1.54) is 5.92 Å². The Balaban J connectivity index is 3.04. The zero-order chi connectivity index (χ0) is 10.0. The molecule has 0 saturated heterocycles. The molecule has 0 aliphatic carbocycles. The number of nitrogens with zero attached hydrogens (tertiary/aromatic N) is 1. The Morgan fingerprint density at radius 1 is 1.62 bits per heavy atom. The third-order valence-corrected chi connectivity index (χ3v) is 2.96. The van der Waals surface area contributed by atoms with Crippen LogP contribution in [-0.2, 0) is 6.42 Å². The Kier molecular flexibility index (Phi) is 3.91. The maximum absolute atomic E-state index is 13.2. The molecule has 0 fully saturated rings. The molecular weight excluding hydrogens is 303 g/mol. The van der Waals surface area contributed by atoms with Crippen molar-refractivity contribution < 1.29 is 4.39 Å². The largest absolute Gasteiger partial charge is 0.241 e. The van der Waals surface area contributed by atoms with E-state index in [1.54, 1.807) is 6.20 Å². The predicted molar refractivity (Wildman–Crippen MR) is 60.2 cm³/mol. The minimum absolute atomic E-state index is 0.0538. The van der Waals surface area contributed by atoms with Crippen LogP contribution in [0.4, 0.5) is 4.39 Å². The molecule has 0 bridgehead atoms. The van der Waals surface area contributed by atoms with Gasteiger partial charge < -0.3 is 0 Å². The number of halogens is 3. The molecule has 0 spiro atoms. The molecule has 71 valence electrons. The van der Waals surface area contributed by atoms with Crippen molar-refractivity contribution in [3.63, 3.8) is 0 Å². The molecule has 4 heteroatoms. The highest BCUT2D eigenvalue weighted by Gasteiger charge is 2.11. The number of hydrogen-bond acceptors (Lipinski definition) is 1. The summed E-state index contributed by atoms with van der Waals surface area (Å²) >= 11 is 7.48. The van der Waals surface area contributed by atoms with Crippen LogP contribution in [0.5, 0.6) is 0 Å². The van der Waals surface area contributed by atoms with Crippen molar-refractivity contribution in [1.29, 1.82) is 0 Å². The van der Waals surface area contributed by atoms with Crippen LogP contribution in [0.15, 0.2) is 6.20 Å². The summed E-state index contributed by atoms with van der Waals surface area (Å²) in [6, 6.07) is 0. The van der Waals surface area contributed by atoms with Crippen molar-refractivity contribution in [3.8, 4) is 0 Å². The highest BCUT2D eigenvalue weighted by molar-refractivity contribution is 14.1. The molecule has 0 saturated carbocycles. The molecule has 0 unspecified atom stereocenters. The first kappa shape index (κ1) is 11.2. The molecule has 1 rings (SSSR count). The summed E-state index contributed by atoms with van der Waals surface area (Å²) in [7, 11) is 0. The Hall–Kier alpha value is 0.1000. The molecule has 0 N–H and O–H groups in total. The van der Waals surface area contributed by atoms with Gasteiger partial charge in [0.05, 0.1) is 3.57 Å². The molecule has 1 radical (unpaired) electrons. The maximum Gasteiger partial charge on any atom is 0.174 e. The Bertz CT molecular complexity index is 315. The second-order valence-corrected chi connectivity index (χ2v) is 4.52. The lowest BCUT2D eigenvalue weighted by Crippen LogP contribution is -1.99. The van der Waals surface area contributed by atoms with Gasteiger partial charge in [-0.2, -0.15) is 0 Å².